The third-order valence-corrected chi connectivity index (χ3v) is 3.77. The van der Waals surface area contributed by atoms with Gasteiger partial charge in [0.25, 0.3) is 5.91 Å². The van der Waals surface area contributed by atoms with Gasteiger partial charge in [-0.3, -0.25) is 9.59 Å². The molecule has 6 heteroatoms. The number of nitrogens with zero attached hydrogens (tertiary/aromatic N) is 1. The lowest BCUT2D eigenvalue weighted by atomic mass is 10.1. The summed E-state index contributed by atoms with van der Waals surface area (Å²) in [6.07, 6.45) is 0.321. The highest BCUT2D eigenvalue weighted by atomic mass is 16.5. The summed E-state index contributed by atoms with van der Waals surface area (Å²) >= 11 is 0. The maximum Gasteiger partial charge on any atom is 0.259 e. The molecule has 1 aliphatic heterocycles. The minimum atomic E-state index is -0.294. The van der Waals surface area contributed by atoms with Crippen molar-refractivity contribution in [2.45, 2.75) is 32.4 Å². The number of rotatable bonds is 5. The zero-order valence-corrected chi connectivity index (χ0v) is 13.4. The Hall–Kier alpha value is -2.24. The molecule has 0 aromatic heterocycles. The number of hydrogen-bond acceptors (Lipinski definition) is 4. The van der Waals surface area contributed by atoms with Crippen LogP contribution in [-0.2, 0) is 4.79 Å². The van der Waals surface area contributed by atoms with Gasteiger partial charge in [0.15, 0.2) is 0 Å². The first-order valence-corrected chi connectivity index (χ1v) is 7.29. The van der Waals surface area contributed by atoms with E-state index in [9.17, 15) is 9.59 Å². The Labute approximate surface area is 130 Å². The molecule has 1 heterocycles. The average Bonchev–Trinajstić information content (AvgIpc) is 2.86. The Balaban J connectivity index is 2.15. The average molecular weight is 306 g/mol. The Morgan fingerprint density at radius 2 is 1.86 bits per heavy atom. The molecule has 0 spiro atoms. The van der Waals surface area contributed by atoms with Crippen molar-refractivity contribution in [2.75, 3.05) is 20.8 Å². The van der Waals surface area contributed by atoms with Crippen LogP contribution in [-0.4, -0.2) is 49.6 Å². The molecule has 2 amide bonds. The molecule has 1 aromatic rings. The fourth-order valence-corrected chi connectivity index (χ4v) is 2.66. The van der Waals surface area contributed by atoms with Crippen molar-refractivity contribution in [3.63, 3.8) is 0 Å². The smallest absolute Gasteiger partial charge is 0.259 e. The van der Waals surface area contributed by atoms with E-state index in [-0.39, 0.29) is 23.9 Å². The van der Waals surface area contributed by atoms with Gasteiger partial charge in [-0.05, 0) is 26.0 Å². The van der Waals surface area contributed by atoms with E-state index in [1.165, 1.54) is 14.2 Å². The molecule has 1 fully saturated rings. The molecule has 1 unspecified atom stereocenters. The van der Waals surface area contributed by atoms with Gasteiger partial charge in [0.1, 0.15) is 17.1 Å². The highest BCUT2D eigenvalue weighted by Gasteiger charge is 2.33. The minimum Gasteiger partial charge on any atom is -0.496 e. The molecule has 6 nitrogen and oxygen atoms in total. The zero-order chi connectivity index (χ0) is 16.3. The van der Waals surface area contributed by atoms with Gasteiger partial charge < -0.3 is 19.7 Å². The first kappa shape index (κ1) is 16.1. The third-order valence-electron chi connectivity index (χ3n) is 3.77. The van der Waals surface area contributed by atoms with Gasteiger partial charge in [0.2, 0.25) is 5.91 Å². The quantitative estimate of drug-likeness (QED) is 0.894. The molecule has 0 radical (unpaired) electrons. The zero-order valence-electron chi connectivity index (χ0n) is 13.4. The standard InChI is InChI=1S/C16H22N2O4/c1-10(2)18-9-11(8-14(18)19)17-16(20)15-12(21-3)6-5-7-13(15)22-4/h5-7,10-11H,8-9H2,1-4H3,(H,17,20). The molecule has 0 aliphatic carbocycles. The van der Waals surface area contributed by atoms with E-state index in [0.29, 0.717) is 30.0 Å². The van der Waals surface area contributed by atoms with E-state index < -0.39 is 0 Å². The first-order chi connectivity index (χ1) is 10.5. The first-order valence-electron chi connectivity index (χ1n) is 7.29. The molecule has 1 atom stereocenters. The summed E-state index contributed by atoms with van der Waals surface area (Å²) in [5, 5.41) is 2.90. The van der Waals surface area contributed by atoms with Crippen molar-refractivity contribution in [3.05, 3.63) is 23.8 Å². The van der Waals surface area contributed by atoms with Crippen molar-refractivity contribution >= 4 is 11.8 Å². The maximum atomic E-state index is 12.5. The fourth-order valence-electron chi connectivity index (χ4n) is 2.66. The van der Waals surface area contributed by atoms with Gasteiger partial charge in [-0.1, -0.05) is 6.07 Å². The van der Waals surface area contributed by atoms with E-state index >= 15 is 0 Å². The maximum absolute atomic E-state index is 12.5. The van der Waals surface area contributed by atoms with E-state index in [4.69, 9.17) is 9.47 Å². The Morgan fingerprint density at radius 1 is 1.27 bits per heavy atom. The van der Waals surface area contributed by atoms with Crippen LogP contribution in [0.1, 0.15) is 30.6 Å². The number of benzene rings is 1. The topological polar surface area (TPSA) is 67.9 Å². The van der Waals surface area contributed by atoms with Gasteiger partial charge in [-0.2, -0.15) is 0 Å². The molecule has 1 aliphatic rings. The summed E-state index contributed by atoms with van der Waals surface area (Å²) in [6, 6.07) is 5.11. The lowest BCUT2D eigenvalue weighted by molar-refractivity contribution is -0.129. The normalized spacial score (nSPS) is 17.8. The van der Waals surface area contributed by atoms with Gasteiger partial charge in [0.05, 0.1) is 20.3 Å². The van der Waals surface area contributed by atoms with Gasteiger partial charge in [-0.25, -0.2) is 0 Å². The van der Waals surface area contributed by atoms with Crippen LogP contribution >= 0.6 is 0 Å². The van der Waals surface area contributed by atoms with Crippen molar-refractivity contribution in [2.24, 2.45) is 0 Å². The SMILES string of the molecule is COc1cccc(OC)c1C(=O)NC1CC(=O)N(C(C)C)C1. The second-order valence-corrected chi connectivity index (χ2v) is 5.55. The number of carbonyl (C=O) groups is 2. The van der Waals surface area contributed by atoms with Gasteiger partial charge in [-0.15, -0.1) is 0 Å². The lowest BCUT2D eigenvalue weighted by Crippen LogP contribution is -2.39. The molecule has 1 aromatic carbocycles. The number of nitrogens with one attached hydrogen (secondary N) is 1. The number of methoxy groups -OCH3 is 2. The number of amides is 2. The van der Waals surface area contributed by atoms with Gasteiger partial charge in [0, 0.05) is 19.0 Å². The summed E-state index contributed by atoms with van der Waals surface area (Å²) in [4.78, 5) is 26.2. The third kappa shape index (κ3) is 3.16. The van der Waals surface area contributed by atoms with Crippen molar-refractivity contribution in [1.82, 2.24) is 10.2 Å². The van der Waals surface area contributed by atoms with Crippen LogP contribution in [0, 0.1) is 0 Å². The number of carbonyl (C=O) groups excluding carboxylic acids is 2. The van der Waals surface area contributed by atoms with Gasteiger partial charge >= 0.3 is 0 Å². The predicted molar refractivity (Wildman–Crippen MR) is 82.3 cm³/mol. The Morgan fingerprint density at radius 3 is 2.32 bits per heavy atom. The van der Waals surface area contributed by atoms with E-state index in [2.05, 4.69) is 5.32 Å². The second-order valence-electron chi connectivity index (χ2n) is 5.55. The highest BCUT2D eigenvalue weighted by molar-refractivity contribution is 6.00. The number of hydrogen-bond donors (Lipinski definition) is 1. The van der Waals surface area contributed by atoms with E-state index in [1.807, 2.05) is 13.8 Å². The van der Waals surface area contributed by atoms with Crippen molar-refractivity contribution < 1.29 is 19.1 Å². The highest BCUT2D eigenvalue weighted by Crippen LogP contribution is 2.28. The molecule has 22 heavy (non-hydrogen) atoms. The van der Waals surface area contributed by atoms with Crippen LogP contribution in [0.15, 0.2) is 18.2 Å². The fraction of sp³-hybridized carbons (Fsp3) is 0.500. The summed E-state index contributed by atoms with van der Waals surface area (Å²) < 4.78 is 10.5. The largest absolute Gasteiger partial charge is 0.496 e. The molecule has 120 valence electrons. The van der Waals surface area contributed by atoms with Crippen LogP contribution in [0.2, 0.25) is 0 Å². The van der Waals surface area contributed by atoms with Crippen LogP contribution in [0.25, 0.3) is 0 Å². The molecule has 2 rings (SSSR count). The molecule has 0 saturated carbocycles. The summed E-state index contributed by atoms with van der Waals surface area (Å²) in [5.74, 6) is 0.661. The lowest BCUT2D eigenvalue weighted by Gasteiger charge is -2.21. The minimum absolute atomic E-state index is 0.0623. The van der Waals surface area contributed by atoms with Crippen LogP contribution < -0.4 is 14.8 Å². The monoisotopic (exact) mass is 306 g/mol. The summed E-state index contributed by atoms with van der Waals surface area (Å²) in [7, 11) is 3.01. The van der Waals surface area contributed by atoms with Crippen LogP contribution in [0.4, 0.5) is 0 Å². The summed E-state index contributed by atoms with van der Waals surface area (Å²) in [5.41, 5.74) is 0.350. The Kier molecular flexibility index (Phi) is 4.90. The molecule has 0 bridgehead atoms. The number of ether oxygens (including phenoxy) is 2. The van der Waals surface area contributed by atoms with Crippen molar-refractivity contribution in [3.8, 4) is 11.5 Å². The molecule has 1 saturated heterocycles. The number of likely N-dealkylation sites (tertiary alicyclic amines) is 1. The predicted octanol–water partition coefficient (Wildman–Crippen LogP) is 1.44. The van der Waals surface area contributed by atoms with Crippen LogP contribution in [0.3, 0.4) is 0 Å². The summed E-state index contributed by atoms with van der Waals surface area (Å²) in [6.45, 7) is 4.45. The van der Waals surface area contributed by atoms with Crippen molar-refractivity contribution in [1.29, 1.82) is 0 Å². The van der Waals surface area contributed by atoms with E-state index in [0.717, 1.165) is 0 Å². The molecule has 1 N–H and O–H groups in total. The Bertz CT molecular complexity index is 549. The van der Waals surface area contributed by atoms with E-state index in [1.54, 1.807) is 23.1 Å². The van der Waals surface area contributed by atoms with Crippen LogP contribution in [0.5, 0.6) is 11.5 Å². The molecular weight excluding hydrogens is 284 g/mol. The molecular formula is C16H22N2O4. The second kappa shape index (κ2) is 6.68.